The smallest absolute Gasteiger partial charge is 0.123 e. The highest BCUT2D eigenvalue weighted by Gasteiger charge is 2.03. The number of hydrogen-bond donors (Lipinski definition) is 1. The van der Waals surface area contributed by atoms with Crippen LogP contribution in [0.5, 0.6) is 5.75 Å². The van der Waals surface area contributed by atoms with Crippen LogP contribution in [0.15, 0.2) is 48.5 Å². The largest absolute Gasteiger partial charge is 0.507 e. The summed E-state index contributed by atoms with van der Waals surface area (Å²) in [6.07, 6.45) is 0.947. The zero-order valence-electron chi connectivity index (χ0n) is 8.77. The van der Waals surface area contributed by atoms with E-state index >= 15 is 0 Å². The molecular weight excluding hydrogens is 184 g/mol. The zero-order chi connectivity index (χ0) is 10.7. The average Bonchev–Trinajstić information content (AvgIpc) is 2.30. The molecule has 0 aliphatic heterocycles. The number of phenolic OH excluding ortho intramolecular Hbond substituents is 1. The van der Waals surface area contributed by atoms with E-state index in [1.165, 1.54) is 0 Å². The van der Waals surface area contributed by atoms with Gasteiger partial charge in [-0.1, -0.05) is 49.4 Å². The van der Waals surface area contributed by atoms with E-state index in [0.717, 1.165) is 23.1 Å². The highest BCUT2D eigenvalue weighted by atomic mass is 16.3. The minimum absolute atomic E-state index is 0.362. The van der Waals surface area contributed by atoms with E-state index in [9.17, 15) is 5.11 Å². The van der Waals surface area contributed by atoms with E-state index in [2.05, 4.69) is 13.0 Å². The molecule has 0 bridgehead atoms. The third-order valence-corrected chi connectivity index (χ3v) is 2.56. The normalized spacial score (nSPS) is 10.2. The second-order valence-electron chi connectivity index (χ2n) is 3.57. The quantitative estimate of drug-likeness (QED) is 0.781. The Morgan fingerprint density at radius 1 is 1.00 bits per heavy atom. The fraction of sp³-hybridized carbons (Fsp3) is 0.143. The number of phenols is 1. The molecule has 0 aromatic heterocycles. The highest BCUT2D eigenvalue weighted by Crippen LogP contribution is 2.29. The van der Waals surface area contributed by atoms with Crippen molar-refractivity contribution in [2.24, 2.45) is 0 Å². The van der Waals surface area contributed by atoms with Crippen LogP contribution in [0.2, 0.25) is 0 Å². The molecule has 0 heterocycles. The predicted molar refractivity (Wildman–Crippen MR) is 62.9 cm³/mol. The van der Waals surface area contributed by atoms with Crippen LogP contribution >= 0.6 is 0 Å². The summed E-state index contributed by atoms with van der Waals surface area (Å²) in [5, 5.41) is 9.88. The topological polar surface area (TPSA) is 20.2 Å². The lowest BCUT2D eigenvalue weighted by Gasteiger charge is -2.06. The Labute approximate surface area is 90.0 Å². The monoisotopic (exact) mass is 198 g/mol. The van der Waals surface area contributed by atoms with Gasteiger partial charge >= 0.3 is 0 Å². The van der Waals surface area contributed by atoms with E-state index in [0.29, 0.717) is 5.75 Å². The van der Waals surface area contributed by atoms with E-state index in [4.69, 9.17) is 0 Å². The summed E-state index contributed by atoms with van der Waals surface area (Å²) < 4.78 is 0. The van der Waals surface area contributed by atoms with Crippen molar-refractivity contribution in [2.75, 3.05) is 0 Å². The van der Waals surface area contributed by atoms with Crippen LogP contribution in [0.25, 0.3) is 11.1 Å². The van der Waals surface area contributed by atoms with E-state index in [-0.39, 0.29) is 0 Å². The van der Waals surface area contributed by atoms with Crippen LogP contribution in [0.1, 0.15) is 12.5 Å². The molecule has 0 saturated heterocycles. The number of rotatable bonds is 2. The molecule has 0 aliphatic carbocycles. The lowest BCUT2D eigenvalue weighted by atomic mass is 10.0. The number of aromatic hydroxyl groups is 1. The SMILES string of the molecule is CCc1ccc(-c2ccccc2)c(O)c1. The fourth-order valence-corrected chi connectivity index (χ4v) is 1.66. The Bertz CT molecular complexity index is 446. The van der Waals surface area contributed by atoms with Gasteiger partial charge in [0.25, 0.3) is 0 Å². The molecule has 0 saturated carbocycles. The maximum Gasteiger partial charge on any atom is 0.123 e. The molecule has 0 spiro atoms. The molecule has 1 heteroatoms. The Hall–Kier alpha value is -1.76. The molecule has 0 aliphatic rings. The van der Waals surface area contributed by atoms with Crippen LogP contribution in [0.4, 0.5) is 0 Å². The first-order chi connectivity index (χ1) is 7.31. The minimum Gasteiger partial charge on any atom is -0.507 e. The second-order valence-corrected chi connectivity index (χ2v) is 3.57. The lowest BCUT2D eigenvalue weighted by Crippen LogP contribution is -1.83. The van der Waals surface area contributed by atoms with E-state index in [1.54, 1.807) is 0 Å². The molecule has 0 atom stereocenters. The third kappa shape index (κ3) is 2.01. The van der Waals surface area contributed by atoms with Gasteiger partial charge < -0.3 is 5.11 Å². The lowest BCUT2D eigenvalue weighted by molar-refractivity contribution is 0.476. The summed E-state index contributed by atoms with van der Waals surface area (Å²) >= 11 is 0. The van der Waals surface area contributed by atoms with Crippen molar-refractivity contribution in [3.63, 3.8) is 0 Å². The van der Waals surface area contributed by atoms with Crippen molar-refractivity contribution in [1.29, 1.82) is 0 Å². The van der Waals surface area contributed by atoms with Gasteiger partial charge in [0.05, 0.1) is 0 Å². The first kappa shape index (κ1) is 9.78. The Morgan fingerprint density at radius 2 is 1.73 bits per heavy atom. The first-order valence-electron chi connectivity index (χ1n) is 5.18. The summed E-state index contributed by atoms with van der Waals surface area (Å²) in [6, 6.07) is 15.8. The van der Waals surface area contributed by atoms with Crippen molar-refractivity contribution in [1.82, 2.24) is 0 Å². The molecule has 2 aromatic carbocycles. The van der Waals surface area contributed by atoms with Crippen LogP contribution in [-0.2, 0) is 6.42 Å². The molecular formula is C14H14O. The van der Waals surface area contributed by atoms with Crippen molar-refractivity contribution in [3.8, 4) is 16.9 Å². The Balaban J connectivity index is 2.46. The van der Waals surface area contributed by atoms with Crippen LogP contribution < -0.4 is 0 Å². The van der Waals surface area contributed by atoms with Crippen molar-refractivity contribution in [3.05, 3.63) is 54.1 Å². The van der Waals surface area contributed by atoms with Crippen molar-refractivity contribution < 1.29 is 5.11 Å². The molecule has 15 heavy (non-hydrogen) atoms. The van der Waals surface area contributed by atoms with Crippen LogP contribution in [0.3, 0.4) is 0 Å². The zero-order valence-corrected chi connectivity index (χ0v) is 8.77. The molecule has 2 rings (SSSR count). The minimum atomic E-state index is 0.362. The maximum atomic E-state index is 9.88. The molecule has 0 amide bonds. The summed E-state index contributed by atoms with van der Waals surface area (Å²) in [6.45, 7) is 2.08. The van der Waals surface area contributed by atoms with Gasteiger partial charge in [-0.15, -0.1) is 0 Å². The number of aryl methyl sites for hydroxylation is 1. The molecule has 0 fully saturated rings. The number of hydrogen-bond acceptors (Lipinski definition) is 1. The Kier molecular flexibility index (Phi) is 2.72. The van der Waals surface area contributed by atoms with Gasteiger partial charge in [-0.3, -0.25) is 0 Å². The summed E-state index contributed by atoms with van der Waals surface area (Å²) in [5.41, 5.74) is 3.11. The third-order valence-electron chi connectivity index (χ3n) is 2.56. The summed E-state index contributed by atoms with van der Waals surface area (Å²) in [5.74, 6) is 0.362. The molecule has 1 nitrogen and oxygen atoms in total. The van der Waals surface area contributed by atoms with Crippen LogP contribution in [-0.4, -0.2) is 5.11 Å². The standard InChI is InChI=1S/C14H14O/c1-2-11-8-9-13(14(15)10-11)12-6-4-3-5-7-12/h3-10,15H,2H2,1H3. The molecule has 2 aromatic rings. The van der Waals surface area contributed by atoms with Gasteiger partial charge in [0.1, 0.15) is 5.75 Å². The predicted octanol–water partition coefficient (Wildman–Crippen LogP) is 3.62. The van der Waals surface area contributed by atoms with Crippen LogP contribution in [0, 0.1) is 0 Å². The van der Waals surface area contributed by atoms with Gasteiger partial charge in [-0.2, -0.15) is 0 Å². The highest BCUT2D eigenvalue weighted by molar-refractivity contribution is 5.70. The average molecular weight is 198 g/mol. The molecule has 76 valence electrons. The van der Waals surface area contributed by atoms with Gasteiger partial charge in [-0.05, 0) is 23.6 Å². The van der Waals surface area contributed by atoms with Gasteiger partial charge in [0.2, 0.25) is 0 Å². The fourth-order valence-electron chi connectivity index (χ4n) is 1.66. The summed E-state index contributed by atoms with van der Waals surface area (Å²) in [4.78, 5) is 0. The molecule has 1 N–H and O–H groups in total. The van der Waals surface area contributed by atoms with Gasteiger partial charge in [0, 0.05) is 5.56 Å². The van der Waals surface area contributed by atoms with Crippen molar-refractivity contribution >= 4 is 0 Å². The molecule has 0 radical (unpaired) electrons. The van der Waals surface area contributed by atoms with E-state index in [1.807, 2.05) is 42.5 Å². The van der Waals surface area contributed by atoms with Gasteiger partial charge in [-0.25, -0.2) is 0 Å². The number of benzene rings is 2. The molecule has 0 unspecified atom stereocenters. The Morgan fingerprint density at radius 3 is 2.33 bits per heavy atom. The summed E-state index contributed by atoms with van der Waals surface area (Å²) in [7, 11) is 0. The van der Waals surface area contributed by atoms with E-state index < -0.39 is 0 Å². The first-order valence-corrected chi connectivity index (χ1v) is 5.18. The van der Waals surface area contributed by atoms with Gasteiger partial charge in [0.15, 0.2) is 0 Å². The second kappa shape index (κ2) is 4.18. The van der Waals surface area contributed by atoms with Crippen molar-refractivity contribution in [2.45, 2.75) is 13.3 Å². The maximum absolute atomic E-state index is 9.88.